The van der Waals surface area contributed by atoms with Crippen LogP contribution in [0, 0.1) is 5.82 Å². The number of hydrogen-bond acceptors (Lipinski definition) is 6. The van der Waals surface area contributed by atoms with E-state index in [-0.39, 0.29) is 30.1 Å². The van der Waals surface area contributed by atoms with E-state index in [0.29, 0.717) is 11.3 Å². The highest BCUT2D eigenvalue weighted by Gasteiger charge is 2.49. The summed E-state index contributed by atoms with van der Waals surface area (Å²) in [7, 11) is 0. The molecule has 3 aromatic rings. The van der Waals surface area contributed by atoms with Crippen LogP contribution in [0.15, 0.2) is 78.9 Å². The number of carboxylic acid groups (broad SMARTS) is 1. The van der Waals surface area contributed by atoms with Gasteiger partial charge in [0.15, 0.2) is 6.61 Å². The predicted molar refractivity (Wildman–Crippen MR) is 137 cm³/mol. The van der Waals surface area contributed by atoms with Gasteiger partial charge in [-0.2, -0.15) is 0 Å². The van der Waals surface area contributed by atoms with Crippen LogP contribution in [-0.4, -0.2) is 52.2 Å². The number of carboxylic acids is 1. The van der Waals surface area contributed by atoms with E-state index < -0.39 is 29.8 Å². The third-order valence-electron chi connectivity index (χ3n) is 5.80. The number of aliphatic hydroxyl groups excluding tert-OH is 1. The second kappa shape index (κ2) is 11.9. The highest BCUT2D eigenvalue weighted by Crippen LogP contribution is 2.46. The van der Waals surface area contributed by atoms with Crippen molar-refractivity contribution in [2.45, 2.75) is 17.4 Å². The molecule has 3 N–H and O–H groups in total. The highest BCUT2D eigenvalue weighted by molar-refractivity contribution is 8.00. The Bertz CT molecular complexity index is 1240. The molecule has 0 aliphatic carbocycles. The van der Waals surface area contributed by atoms with Crippen LogP contribution in [0.4, 0.5) is 10.1 Å². The van der Waals surface area contributed by atoms with Crippen LogP contribution >= 0.6 is 11.8 Å². The highest BCUT2D eigenvalue weighted by atomic mass is 32.2. The molecule has 0 bridgehead atoms. The van der Waals surface area contributed by atoms with Crippen molar-refractivity contribution in [2.24, 2.45) is 0 Å². The molecule has 2 amide bonds. The van der Waals surface area contributed by atoms with Crippen LogP contribution in [0.2, 0.25) is 0 Å². The number of aliphatic carboxylic acids is 1. The van der Waals surface area contributed by atoms with E-state index in [2.05, 4.69) is 5.32 Å². The number of nitrogens with one attached hydrogen (secondary N) is 1. The van der Waals surface area contributed by atoms with Crippen LogP contribution in [0.25, 0.3) is 0 Å². The van der Waals surface area contributed by atoms with Gasteiger partial charge >= 0.3 is 5.97 Å². The maximum atomic E-state index is 13.2. The summed E-state index contributed by atoms with van der Waals surface area (Å²) in [5, 5.41) is 21.0. The molecule has 1 heterocycles. The van der Waals surface area contributed by atoms with Gasteiger partial charge in [0.05, 0.1) is 12.1 Å². The predicted octanol–water partition coefficient (Wildman–Crippen LogP) is 3.33. The first-order valence-electron chi connectivity index (χ1n) is 11.5. The average Bonchev–Trinajstić information content (AvgIpc) is 2.90. The van der Waals surface area contributed by atoms with E-state index in [1.54, 1.807) is 17.0 Å². The Morgan fingerprint density at radius 1 is 1.03 bits per heavy atom. The Hall–Kier alpha value is -3.89. The average molecular weight is 525 g/mol. The van der Waals surface area contributed by atoms with E-state index in [0.717, 1.165) is 11.3 Å². The van der Waals surface area contributed by atoms with E-state index in [4.69, 9.17) is 9.84 Å². The lowest BCUT2D eigenvalue weighted by Crippen LogP contribution is -2.57. The zero-order valence-electron chi connectivity index (χ0n) is 19.6. The fourth-order valence-electron chi connectivity index (χ4n) is 3.94. The molecule has 0 spiro atoms. The maximum Gasteiger partial charge on any atom is 0.322 e. The number of thioether (sulfide) groups is 1. The fourth-order valence-corrected chi connectivity index (χ4v) is 5.24. The van der Waals surface area contributed by atoms with E-state index >= 15 is 0 Å². The van der Waals surface area contributed by atoms with Crippen molar-refractivity contribution in [2.75, 3.05) is 23.8 Å². The molecule has 0 aromatic heterocycles. The molecule has 3 atom stereocenters. The van der Waals surface area contributed by atoms with Crippen LogP contribution in [0.1, 0.15) is 23.3 Å². The lowest BCUT2D eigenvalue weighted by atomic mass is 9.92. The summed E-state index contributed by atoms with van der Waals surface area (Å²) in [6, 6.07) is 21.6. The molecule has 37 heavy (non-hydrogen) atoms. The molecule has 0 saturated carbocycles. The zero-order chi connectivity index (χ0) is 26.4. The second-order valence-corrected chi connectivity index (χ2v) is 9.51. The topological polar surface area (TPSA) is 116 Å². The number of carbonyl (C=O) groups is 3. The first-order valence-corrected chi connectivity index (χ1v) is 12.5. The Morgan fingerprint density at radius 2 is 1.70 bits per heavy atom. The lowest BCUT2D eigenvalue weighted by molar-refractivity contribution is -0.138. The van der Waals surface area contributed by atoms with Gasteiger partial charge in [-0.3, -0.25) is 14.4 Å². The van der Waals surface area contributed by atoms with Crippen molar-refractivity contribution in [3.8, 4) is 5.75 Å². The molecule has 8 nitrogen and oxygen atoms in total. The maximum absolute atomic E-state index is 13.2. The van der Waals surface area contributed by atoms with Gasteiger partial charge in [-0.25, -0.2) is 4.39 Å². The normalized spacial score (nSPS) is 17.6. The van der Waals surface area contributed by atoms with Gasteiger partial charge in [0, 0.05) is 11.4 Å². The smallest absolute Gasteiger partial charge is 0.322 e. The number of benzene rings is 3. The third-order valence-corrected chi connectivity index (χ3v) is 7.12. The molecule has 10 heteroatoms. The third kappa shape index (κ3) is 6.46. The first kappa shape index (κ1) is 26.2. The molecule has 192 valence electrons. The standard InChI is InChI=1S/C27H25FN2O6S/c28-19-10-6-17(7-11-19)22(31)16-37-26-25(30(27(26)35)20-4-2-1-3-5-20)18-8-12-21(13-9-18)36-15-23(32)29-14-24(33)34/h1-13,22,25-26,31H,14-16H2,(H,29,32)(H,33,34)/t22?,25-,26-/m0/s1. The Morgan fingerprint density at radius 3 is 2.35 bits per heavy atom. The minimum absolute atomic E-state index is 0.0806. The van der Waals surface area contributed by atoms with E-state index in [1.807, 2.05) is 42.5 Å². The lowest BCUT2D eigenvalue weighted by Gasteiger charge is -2.47. The molecular weight excluding hydrogens is 499 g/mol. The number of aliphatic hydroxyl groups is 1. The number of ether oxygens (including phenoxy) is 1. The van der Waals surface area contributed by atoms with Crippen LogP contribution in [-0.2, 0) is 14.4 Å². The van der Waals surface area contributed by atoms with E-state index in [1.165, 1.54) is 36.0 Å². The SMILES string of the molecule is O=C(O)CNC(=O)COc1ccc([C@H]2[C@H](SCC(O)c3ccc(F)cc3)C(=O)N2c2ccccc2)cc1. The monoisotopic (exact) mass is 524 g/mol. The molecular formula is C27H25FN2O6S. The molecule has 1 aliphatic rings. The molecule has 1 aliphatic heterocycles. The van der Waals surface area contributed by atoms with Crippen molar-refractivity contribution < 1.29 is 33.7 Å². The van der Waals surface area contributed by atoms with Gasteiger partial charge in [0.25, 0.3) is 5.91 Å². The minimum atomic E-state index is -1.15. The van der Waals surface area contributed by atoms with Crippen LogP contribution in [0.5, 0.6) is 5.75 Å². The summed E-state index contributed by atoms with van der Waals surface area (Å²) in [4.78, 5) is 37.1. The fraction of sp³-hybridized carbons (Fsp3) is 0.222. The zero-order valence-corrected chi connectivity index (χ0v) is 20.4. The molecule has 0 radical (unpaired) electrons. The molecule has 1 unspecified atom stereocenters. The Balaban J connectivity index is 1.45. The Kier molecular flexibility index (Phi) is 8.42. The summed E-state index contributed by atoms with van der Waals surface area (Å²) in [5.41, 5.74) is 2.18. The number of β-lactam (4-membered cyclic amide) rings is 1. The largest absolute Gasteiger partial charge is 0.484 e. The summed E-state index contributed by atoms with van der Waals surface area (Å²) in [6.07, 6.45) is -0.854. The van der Waals surface area contributed by atoms with Crippen molar-refractivity contribution in [3.05, 3.63) is 95.8 Å². The van der Waals surface area contributed by atoms with Gasteiger partial charge in [0.2, 0.25) is 5.91 Å². The summed E-state index contributed by atoms with van der Waals surface area (Å²) in [6.45, 7) is -0.814. The van der Waals surface area contributed by atoms with Crippen molar-refractivity contribution in [1.29, 1.82) is 0 Å². The van der Waals surface area contributed by atoms with Crippen molar-refractivity contribution in [1.82, 2.24) is 5.32 Å². The minimum Gasteiger partial charge on any atom is -0.484 e. The summed E-state index contributed by atoms with van der Waals surface area (Å²) in [5.74, 6) is -1.49. The van der Waals surface area contributed by atoms with Gasteiger partial charge in [-0.1, -0.05) is 42.5 Å². The number of para-hydroxylation sites is 1. The number of halogens is 1. The van der Waals surface area contributed by atoms with Gasteiger partial charge < -0.3 is 25.2 Å². The summed E-state index contributed by atoms with van der Waals surface area (Å²) >= 11 is 1.34. The van der Waals surface area contributed by atoms with Gasteiger partial charge in [0.1, 0.15) is 23.4 Å². The first-order chi connectivity index (χ1) is 17.8. The number of nitrogens with zero attached hydrogens (tertiary/aromatic N) is 1. The molecule has 3 aromatic carbocycles. The number of carbonyl (C=O) groups excluding carboxylic acids is 2. The summed E-state index contributed by atoms with van der Waals surface area (Å²) < 4.78 is 18.6. The van der Waals surface area contributed by atoms with Crippen molar-refractivity contribution >= 4 is 35.2 Å². The van der Waals surface area contributed by atoms with Gasteiger partial charge in [-0.15, -0.1) is 11.8 Å². The van der Waals surface area contributed by atoms with Crippen molar-refractivity contribution in [3.63, 3.8) is 0 Å². The molecule has 4 rings (SSSR count). The van der Waals surface area contributed by atoms with Crippen LogP contribution < -0.4 is 15.0 Å². The van der Waals surface area contributed by atoms with Crippen LogP contribution in [0.3, 0.4) is 0 Å². The molecule has 1 fully saturated rings. The number of anilines is 1. The second-order valence-electron chi connectivity index (χ2n) is 8.34. The van der Waals surface area contributed by atoms with Gasteiger partial charge in [-0.05, 0) is 47.5 Å². The quantitative estimate of drug-likeness (QED) is 0.330. The Labute approximate surface area is 217 Å². The number of rotatable bonds is 11. The number of amides is 2. The van der Waals surface area contributed by atoms with E-state index in [9.17, 15) is 23.9 Å². The number of hydrogen-bond donors (Lipinski definition) is 3. The molecule has 1 saturated heterocycles.